The van der Waals surface area contributed by atoms with Crippen molar-refractivity contribution in [3.8, 4) is 0 Å². The Kier molecular flexibility index (Phi) is 4.72. The predicted octanol–water partition coefficient (Wildman–Crippen LogP) is -0.470. The molecule has 3 rings (SSSR count). The summed E-state index contributed by atoms with van der Waals surface area (Å²) in [6.45, 7) is 4.00. The van der Waals surface area contributed by atoms with Gasteiger partial charge in [-0.15, -0.1) is 0 Å². The highest BCUT2D eigenvalue weighted by molar-refractivity contribution is 7.86. The second kappa shape index (κ2) is 6.60. The quantitative estimate of drug-likeness (QED) is 0.742. The minimum Gasteiger partial charge on any atom is -0.472 e. The fourth-order valence-corrected chi connectivity index (χ4v) is 4.45. The summed E-state index contributed by atoms with van der Waals surface area (Å²) < 4.78 is 33.3. The fourth-order valence-electron chi connectivity index (χ4n) is 2.87. The van der Waals surface area contributed by atoms with Crippen LogP contribution in [0.15, 0.2) is 23.0 Å². The summed E-state index contributed by atoms with van der Waals surface area (Å²) in [6.07, 6.45) is 2.87. The molecule has 3 heterocycles. The summed E-state index contributed by atoms with van der Waals surface area (Å²) in [4.78, 5) is 16.0. The van der Waals surface area contributed by atoms with Gasteiger partial charge < -0.3 is 14.2 Å². The Morgan fingerprint density at radius 1 is 1.00 bits per heavy atom. The van der Waals surface area contributed by atoms with Gasteiger partial charge in [0, 0.05) is 52.4 Å². The minimum absolute atomic E-state index is 0.115. The summed E-state index contributed by atoms with van der Waals surface area (Å²) in [7, 11) is -1.44. The van der Waals surface area contributed by atoms with E-state index in [1.807, 2.05) is 7.05 Å². The molecule has 0 N–H and O–H groups in total. The highest BCUT2D eigenvalue weighted by Gasteiger charge is 2.34. The van der Waals surface area contributed by atoms with Crippen LogP contribution in [0.25, 0.3) is 0 Å². The number of amides is 1. The van der Waals surface area contributed by atoms with Crippen molar-refractivity contribution in [3.63, 3.8) is 0 Å². The molecule has 2 fully saturated rings. The normalized spacial score (nSPS) is 22.4. The van der Waals surface area contributed by atoms with Crippen molar-refractivity contribution in [1.82, 2.24) is 18.4 Å². The molecule has 0 aliphatic carbocycles. The molecule has 0 atom stereocenters. The molecule has 0 saturated carbocycles. The molecular formula is C14H22N4O4S. The van der Waals surface area contributed by atoms with Crippen LogP contribution in [0.2, 0.25) is 0 Å². The lowest BCUT2D eigenvalue weighted by Crippen LogP contribution is -2.57. The number of furan rings is 1. The zero-order chi connectivity index (χ0) is 16.4. The van der Waals surface area contributed by atoms with Gasteiger partial charge in [0.2, 0.25) is 0 Å². The molecule has 2 aliphatic heterocycles. The molecule has 2 aliphatic rings. The largest absolute Gasteiger partial charge is 0.472 e. The summed E-state index contributed by atoms with van der Waals surface area (Å²) in [5.74, 6) is -0.115. The van der Waals surface area contributed by atoms with Gasteiger partial charge in [-0.3, -0.25) is 4.79 Å². The van der Waals surface area contributed by atoms with Crippen LogP contribution in [0.4, 0.5) is 0 Å². The second-order valence-corrected chi connectivity index (χ2v) is 7.84. The van der Waals surface area contributed by atoms with Crippen LogP contribution in [-0.4, -0.2) is 92.1 Å². The summed E-state index contributed by atoms with van der Waals surface area (Å²) in [5, 5.41) is 0. The van der Waals surface area contributed by atoms with Crippen molar-refractivity contribution in [2.75, 3.05) is 59.4 Å². The molecule has 23 heavy (non-hydrogen) atoms. The molecule has 1 aromatic heterocycles. The third-order valence-electron chi connectivity index (χ3n) is 4.41. The van der Waals surface area contributed by atoms with Gasteiger partial charge in [0.15, 0.2) is 0 Å². The number of hydrogen-bond donors (Lipinski definition) is 0. The lowest BCUT2D eigenvalue weighted by atomic mass is 10.2. The van der Waals surface area contributed by atoms with E-state index in [0.717, 1.165) is 13.1 Å². The molecule has 0 bridgehead atoms. The van der Waals surface area contributed by atoms with E-state index in [2.05, 4.69) is 4.90 Å². The van der Waals surface area contributed by atoms with Crippen LogP contribution < -0.4 is 0 Å². The first-order valence-corrected chi connectivity index (χ1v) is 9.13. The molecule has 0 spiro atoms. The number of piperazine rings is 2. The van der Waals surface area contributed by atoms with Crippen LogP contribution in [0, 0.1) is 0 Å². The average Bonchev–Trinajstić information content (AvgIpc) is 3.09. The highest BCUT2D eigenvalue weighted by atomic mass is 32.2. The third-order valence-corrected chi connectivity index (χ3v) is 6.44. The number of likely N-dealkylation sites (N-methyl/N-ethyl adjacent to an activating group) is 1. The number of hydrogen-bond acceptors (Lipinski definition) is 5. The maximum Gasteiger partial charge on any atom is 0.282 e. The maximum absolute atomic E-state index is 12.7. The van der Waals surface area contributed by atoms with Gasteiger partial charge in [-0.25, -0.2) is 0 Å². The van der Waals surface area contributed by atoms with Crippen LogP contribution in [-0.2, 0) is 10.2 Å². The first-order chi connectivity index (χ1) is 11.0. The Labute approximate surface area is 136 Å². The molecule has 128 valence electrons. The zero-order valence-electron chi connectivity index (χ0n) is 13.2. The fraction of sp³-hybridized carbons (Fsp3) is 0.643. The second-order valence-electron chi connectivity index (χ2n) is 5.91. The van der Waals surface area contributed by atoms with Gasteiger partial charge in [0.1, 0.15) is 6.26 Å². The average molecular weight is 342 g/mol. The molecule has 0 radical (unpaired) electrons. The van der Waals surface area contributed by atoms with E-state index >= 15 is 0 Å². The molecule has 9 heteroatoms. The first kappa shape index (κ1) is 16.4. The smallest absolute Gasteiger partial charge is 0.282 e. The lowest BCUT2D eigenvalue weighted by molar-refractivity contribution is 0.0691. The minimum atomic E-state index is -3.43. The zero-order valence-corrected chi connectivity index (χ0v) is 14.0. The highest BCUT2D eigenvalue weighted by Crippen LogP contribution is 2.16. The Hall–Kier alpha value is -1.42. The number of nitrogens with zero attached hydrogens (tertiary/aromatic N) is 4. The number of rotatable bonds is 3. The third kappa shape index (κ3) is 3.42. The molecule has 8 nitrogen and oxygen atoms in total. The van der Waals surface area contributed by atoms with Gasteiger partial charge in [-0.05, 0) is 13.1 Å². The predicted molar refractivity (Wildman–Crippen MR) is 84.2 cm³/mol. The van der Waals surface area contributed by atoms with Gasteiger partial charge in [0.25, 0.3) is 16.1 Å². The van der Waals surface area contributed by atoms with Crippen LogP contribution in [0.3, 0.4) is 0 Å². The summed E-state index contributed by atoms with van der Waals surface area (Å²) >= 11 is 0. The Balaban J connectivity index is 1.59. The molecule has 0 unspecified atom stereocenters. The maximum atomic E-state index is 12.7. The standard InChI is InChI=1S/C14H22N4O4S/c1-15-3-7-17(8-4-15)23(20,21)18-9-5-16(6-10-18)14(19)13-2-11-22-12-13/h2,11-12H,3-10H2,1H3. The van der Waals surface area contributed by atoms with Gasteiger partial charge in [0.05, 0.1) is 11.8 Å². The molecule has 0 aromatic carbocycles. The van der Waals surface area contributed by atoms with E-state index in [9.17, 15) is 13.2 Å². The number of carbonyl (C=O) groups excluding carboxylic acids is 1. The number of carbonyl (C=O) groups is 1. The van der Waals surface area contributed by atoms with Gasteiger partial charge in [-0.1, -0.05) is 0 Å². The van der Waals surface area contributed by atoms with E-state index in [0.29, 0.717) is 44.8 Å². The Morgan fingerprint density at radius 2 is 1.57 bits per heavy atom. The van der Waals surface area contributed by atoms with Crippen LogP contribution in [0.1, 0.15) is 10.4 Å². The lowest BCUT2D eigenvalue weighted by Gasteiger charge is -2.39. The van der Waals surface area contributed by atoms with Crippen LogP contribution >= 0.6 is 0 Å². The van der Waals surface area contributed by atoms with Crippen LogP contribution in [0.5, 0.6) is 0 Å². The summed E-state index contributed by atoms with van der Waals surface area (Å²) in [5.41, 5.74) is 0.500. The van der Waals surface area contributed by atoms with Crippen molar-refractivity contribution < 1.29 is 17.6 Å². The van der Waals surface area contributed by atoms with E-state index in [-0.39, 0.29) is 5.91 Å². The SMILES string of the molecule is CN1CCN(S(=O)(=O)N2CCN(C(=O)c3ccoc3)CC2)CC1. The Bertz CT molecular complexity index is 630. The van der Waals surface area contributed by atoms with Crippen molar-refractivity contribution in [1.29, 1.82) is 0 Å². The monoisotopic (exact) mass is 342 g/mol. The first-order valence-electron chi connectivity index (χ1n) is 7.74. The van der Waals surface area contributed by atoms with Gasteiger partial charge in [-0.2, -0.15) is 17.0 Å². The van der Waals surface area contributed by atoms with E-state index in [4.69, 9.17) is 4.42 Å². The van der Waals surface area contributed by atoms with Crippen molar-refractivity contribution in [2.24, 2.45) is 0 Å². The molecular weight excluding hydrogens is 320 g/mol. The van der Waals surface area contributed by atoms with Gasteiger partial charge >= 0.3 is 0 Å². The van der Waals surface area contributed by atoms with Crippen molar-refractivity contribution in [2.45, 2.75) is 0 Å². The van der Waals surface area contributed by atoms with E-state index in [1.165, 1.54) is 16.8 Å². The molecule has 1 amide bonds. The summed E-state index contributed by atoms with van der Waals surface area (Å²) in [6, 6.07) is 1.62. The topological polar surface area (TPSA) is 77.3 Å². The van der Waals surface area contributed by atoms with E-state index < -0.39 is 10.2 Å². The van der Waals surface area contributed by atoms with Crippen molar-refractivity contribution in [3.05, 3.63) is 24.2 Å². The Morgan fingerprint density at radius 3 is 2.09 bits per heavy atom. The molecule has 1 aromatic rings. The van der Waals surface area contributed by atoms with Crippen molar-refractivity contribution >= 4 is 16.1 Å². The molecule has 2 saturated heterocycles. The van der Waals surface area contributed by atoms with E-state index in [1.54, 1.807) is 15.3 Å².